The summed E-state index contributed by atoms with van der Waals surface area (Å²) in [5, 5.41) is 1.97. The number of ether oxygens (including phenoxy) is 3. The van der Waals surface area contributed by atoms with Crippen LogP contribution in [0.15, 0.2) is 12.3 Å². The Balaban J connectivity index is 1.93. The van der Waals surface area contributed by atoms with Crippen molar-refractivity contribution in [1.82, 2.24) is 10.3 Å². The molecule has 3 N–H and O–H groups in total. The minimum absolute atomic E-state index is 0.0266. The molecule has 8 heteroatoms. The number of hydrogen-bond acceptors (Lipinski definition) is 7. The summed E-state index contributed by atoms with van der Waals surface area (Å²) in [7, 11) is 1.44. The molecule has 0 aliphatic heterocycles. The average molecular weight is 337 g/mol. The summed E-state index contributed by atoms with van der Waals surface area (Å²) in [5.41, 5.74) is 5.93. The zero-order valence-corrected chi connectivity index (χ0v) is 13.7. The third-order valence-electron chi connectivity index (χ3n) is 3.75. The molecule has 0 spiro atoms. The van der Waals surface area contributed by atoms with Gasteiger partial charge >= 0.3 is 6.09 Å². The van der Waals surface area contributed by atoms with Gasteiger partial charge in [0.25, 0.3) is 5.88 Å². The molecular formula is C16H23N3O5. The number of imide groups is 1. The van der Waals surface area contributed by atoms with E-state index < -0.39 is 12.0 Å². The molecule has 1 heterocycles. The quantitative estimate of drug-likeness (QED) is 0.809. The van der Waals surface area contributed by atoms with Crippen molar-refractivity contribution in [3.8, 4) is 11.6 Å². The Bertz CT molecular complexity index is 573. The van der Waals surface area contributed by atoms with E-state index in [9.17, 15) is 9.59 Å². The number of nitrogens with zero attached hydrogens (tertiary/aromatic N) is 1. The molecule has 0 saturated heterocycles. The van der Waals surface area contributed by atoms with Crippen molar-refractivity contribution in [3.05, 3.63) is 17.8 Å². The van der Waals surface area contributed by atoms with E-state index in [1.807, 2.05) is 5.32 Å². The van der Waals surface area contributed by atoms with Crippen molar-refractivity contribution >= 4 is 12.0 Å². The molecule has 1 fully saturated rings. The lowest BCUT2D eigenvalue weighted by atomic mass is 9.98. The summed E-state index contributed by atoms with van der Waals surface area (Å²) in [6.45, 7) is 0.114. The highest BCUT2D eigenvalue weighted by Gasteiger charge is 2.16. The fraction of sp³-hybridized carbons (Fsp3) is 0.562. The maximum absolute atomic E-state index is 11.5. The molecule has 1 aliphatic rings. The van der Waals surface area contributed by atoms with Crippen molar-refractivity contribution in [3.63, 3.8) is 0 Å². The molecule has 2 amide bonds. The largest absolute Gasteiger partial charge is 0.491 e. The number of nitrogens with one attached hydrogen (secondary N) is 1. The fourth-order valence-corrected chi connectivity index (χ4v) is 2.50. The van der Waals surface area contributed by atoms with Gasteiger partial charge in [-0.3, -0.25) is 10.1 Å². The van der Waals surface area contributed by atoms with Crippen molar-refractivity contribution in [2.24, 2.45) is 5.73 Å². The van der Waals surface area contributed by atoms with Crippen LogP contribution in [-0.4, -0.2) is 36.7 Å². The number of methoxy groups -OCH3 is 1. The van der Waals surface area contributed by atoms with Crippen LogP contribution in [0.5, 0.6) is 11.6 Å². The van der Waals surface area contributed by atoms with Gasteiger partial charge in [-0.15, -0.1) is 0 Å². The van der Waals surface area contributed by atoms with Gasteiger partial charge < -0.3 is 19.9 Å². The lowest BCUT2D eigenvalue weighted by molar-refractivity contribution is -0.118. The maximum Gasteiger partial charge on any atom is 0.420 e. The molecule has 1 aliphatic carbocycles. The number of amides is 2. The summed E-state index contributed by atoms with van der Waals surface area (Å²) >= 11 is 0. The first-order valence-electron chi connectivity index (χ1n) is 7.98. The van der Waals surface area contributed by atoms with Crippen molar-refractivity contribution < 1.29 is 23.8 Å². The summed E-state index contributed by atoms with van der Waals surface area (Å²) in [6.07, 6.45) is 6.73. The Morgan fingerprint density at radius 3 is 2.75 bits per heavy atom. The Kier molecular flexibility index (Phi) is 6.95. The lowest BCUT2D eigenvalue weighted by Gasteiger charge is -2.22. The second-order valence-electron chi connectivity index (χ2n) is 5.56. The van der Waals surface area contributed by atoms with E-state index in [1.54, 1.807) is 12.3 Å². The number of aromatic nitrogens is 1. The van der Waals surface area contributed by atoms with E-state index in [4.69, 9.17) is 19.9 Å². The second kappa shape index (κ2) is 9.19. The second-order valence-corrected chi connectivity index (χ2v) is 5.56. The molecule has 0 aromatic carbocycles. The molecule has 24 heavy (non-hydrogen) atoms. The molecule has 2 rings (SSSR count). The summed E-state index contributed by atoms with van der Waals surface area (Å²) in [4.78, 5) is 26.6. The van der Waals surface area contributed by atoms with Gasteiger partial charge in [-0.1, -0.05) is 19.3 Å². The van der Waals surface area contributed by atoms with Crippen LogP contribution in [0.4, 0.5) is 4.79 Å². The smallest absolute Gasteiger partial charge is 0.420 e. The van der Waals surface area contributed by atoms with Crippen LogP contribution in [0.2, 0.25) is 0 Å². The number of hydrogen-bond donors (Lipinski definition) is 2. The SMILES string of the molecule is COc1cc(COC2CCCCC2)cnc1OC(=O)NC(=O)CN. The first-order valence-corrected chi connectivity index (χ1v) is 7.98. The van der Waals surface area contributed by atoms with Gasteiger partial charge in [0.1, 0.15) is 0 Å². The Morgan fingerprint density at radius 2 is 2.08 bits per heavy atom. The van der Waals surface area contributed by atoms with Crippen LogP contribution < -0.4 is 20.5 Å². The Labute approximate surface area is 140 Å². The van der Waals surface area contributed by atoms with Gasteiger partial charge in [0.15, 0.2) is 5.75 Å². The molecule has 0 atom stereocenters. The molecule has 0 unspecified atom stereocenters. The predicted octanol–water partition coefficient (Wildman–Crippen LogP) is 1.51. The highest BCUT2D eigenvalue weighted by atomic mass is 16.6. The van der Waals surface area contributed by atoms with Crippen LogP contribution in [0.1, 0.15) is 37.7 Å². The molecule has 1 aromatic heterocycles. The van der Waals surface area contributed by atoms with E-state index in [0.717, 1.165) is 18.4 Å². The van der Waals surface area contributed by atoms with E-state index in [-0.39, 0.29) is 24.3 Å². The topological polar surface area (TPSA) is 113 Å². The van der Waals surface area contributed by atoms with Crippen LogP contribution in [0.25, 0.3) is 0 Å². The highest BCUT2D eigenvalue weighted by Crippen LogP contribution is 2.26. The zero-order chi connectivity index (χ0) is 17.4. The Morgan fingerprint density at radius 1 is 1.33 bits per heavy atom. The van der Waals surface area contributed by atoms with Gasteiger partial charge in [0, 0.05) is 11.8 Å². The fourth-order valence-electron chi connectivity index (χ4n) is 2.50. The molecule has 132 valence electrons. The first kappa shape index (κ1) is 18.2. The number of pyridine rings is 1. The van der Waals surface area contributed by atoms with Crippen LogP contribution in [0, 0.1) is 0 Å². The molecule has 8 nitrogen and oxygen atoms in total. The van der Waals surface area contributed by atoms with Crippen LogP contribution >= 0.6 is 0 Å². The summed E-state index contributed by atoms with van der Waals surface area (Å²) < 4.78 is 16.0. The van der Waals surface area contributed by atoms with E-state index >= 15 is 0 Å². The van der Waals surface area contributed by atoms with Gasteiger partial charge in [-0.25, -0.2) is 9.78 Å². The van der Waals surface area contributed by atoms with Crippen molar-refractivity contribution in [2.75, 3.05) is 13.7 Å². The predicted molar refractivity (Wildman–Crippen MR) is 85.7 cm³/mol. The number of rotatable bonds is 6. The minimum Gasteiger partial charge on any atom is -0.491 e. The van der Waals surface area contributed by atoms with Crippen molar-refractivity contribution in [2.45, 2.75) is 44.8 Å². The average Bonchev–Trinajstić information content (AvgIpc) is 2.61. The minimum atomic E-state index is -0.956. The molecule has 1 aromatic rings. The van der Waals surface area contributed by atoms with E-state index in [1.165, 1.54) is 26.4 Å². The van der Waals surface area contributed by atoms with E-state index in [2.05, 4.69) is 4.98 Å². The zero-order valence-electron chi connectivity index (χ0n) is 13.7. The van der Waals surface area contributed by atoms with Crippen molar-refractivity contribution in [1.29, 1.82) is 0 Å². The van der Waals surface area contributed by atoms with Crippen LogP contribution in [0.3, 0.4) is 0 Å². The highest BCUT2D eigenvalue weighted by molar-refractivity contribution is 5.93. The monoisotopic (exact) mass is 337 g/mol. The summed E-state index contributed by atoms with van der Waals surface area (Å²) in [5.74, 6) is -0.382. The Hall–Kier alpha value is -2.19. The van der Waals surface area contributed by atoms with E-state index in [0.29, 0.717) is 6.61 Å². The number of carbonyl (C=O) groups excluding carboxylic acids is 2. The normalized spacial score (nSPS) is 14.9. The molecule has 0 radical (unpaired) electrons. The van der Waals surface area contributed by atoms with Gasteiger partial charge in [-0.2, -0.15) is 0 Å². The lowest BCUT2D eigenvalue weighted by Crippen LogP contribution is -2.37. The first-order chi connectivity index (χ1) is 11.6. The van der Waals surface area contributed by atoms with Crippen LogP contribution in [-0.2, 0) is 16.1 Å². The molecule has 0 bridgehead atoms. The third-order valence-corrected chi connectivity index (χ3v) is 3.75. The van der Waals surface area contributed by atoms with Gasteiger partial charge in [0.05, 0.1) is 26.4 Å². The molecular weight excluding hydrogens is 314 g/mol. The number of nitrogens with two attached hydrogens (primary N) is 1. The standard InChI is InChI=1S/C16H23N3O5/c1-22-13-7-11(10-23-12-5-3-2-4-6-12)9-18-15(13)24-16(21)19-14(20)8-17/h7,9,12H,2-6,8,10,17H2,1H3,(H,19,20,21). The summed E-state index contributed by atoms with van der Waals surface area (Å²) in [6, 6.07) is 1.70. The third kappa shape index (κ3) is 5.47. The van der Waals surface area contributed by atoms with Gasteiger partial charge in [-0.05, 0) is 18.9 Å². The molecule has 1 saturated carbocycles. The maximum atomic E-state index is 11.5. The number of carbonyl (C=O) groups is 2. The van der Waals surface area contributed by atoms with Gasteiger partial charge in [0.2, 0.25) is 5.91 Å².